The van der Waals surface area contributed by atoms with Crippen molar-refractivity contribution in [3.8, 4) is 0 Å². The summed E-state index contributed by atoms with van der Waals surface area (Å²) in [5.41, 5.74) is 4.29. The van der Waals surface area contributed by atoms with Crippen LogP contribution in [-0.2, 0) is 6.42 Å². The van der Waals surface area contributed by atoms with Crippen LogP contribution < -0.4 is 10.2 Å². The fraction of sp³-hybridized carbons (Fsp3) is 0.143. The molecule has 0 saturated heterocycles. The average Bonchev–Trinajstić information content (AvgIpc) is 2.67. The third-order valence-electron chi connectivity index (χ3n) is 4.45. The van der Waals surface area contributed by atoms with Crippen molar-refractivity contribution in [3.05, 3.63) is 83.1 Å². The summed E-state index contributed by atoms with van der Waals surface area (Å²) < 4.78 is 0. The molecular formula is C21H18ClN3O. The highest BCUT2D eigenvalue weighted by Crippen LogP contribution is 2.28. The number of para-hydroxylation sites is 1. The molecule has 2 heterocycles. The van der Waals surface area contributed by atoms with Crippen molar-refractivity contribution in [1.29, 1.82) is 0 Å². The molecular weight excluding hydrogens is 346 g/mol. The zero-order valence-corrected chi connectivity index (χ0v) is 14.9. The zero-order valence-electron chi connectivity index (χ0n) is 14.2. The van der Waals surface area contributed by atoms with Crippen LogP contribution in [0.3, 0.4) is 0 Å². The standard InChI is InChI=1S/C21H18ClN3O/c22-16-7-3-8-17(13-16)24-18-10-11-23-19(14-18)21(26)25-12-4-6-15-5-1-2-9-20(15)25/h1-3,5,7-11,13-14H,4,6,12H2,(H,23,24). The second-order valence-electron chi connectivity index (χ2n) is 6.25. The summed E-state index contributed by atoms with van der Waals surface area (Å²) in [6, 6.07) is 19.1. The van der Waals surface area contributed by atoms with Crippen molar-refractivity contribution in [2.45, 2.75) is 12.8 Å². The molecule has 0 radical (unpaired) electrons. The van der Waals surface area contributed by atoms with E-state index in [9.17, 15) is 4.79 Å². The molecule has 0 fully saturated rings. The Kier molecular flexibility index (Phi) is 4.59. The van der Waals surface area contributed by atoms with Gasteiger partial charge in [0.15, 0.2) is 0 Å². The van der Waals surface area contributed by atoms with E-state index in [0.29, 0.717) is 17.3 Å². The molecule has 4 rings (SSSR count). The number of nitrogens with zero attached hydrogens (tertiary/aromatic N) is 2. The molecule has 130 valence electrons. The topological polar surface area (TPSA) is 45.2 Å². The van der Waals surface area contributed by atoms with E-state index < -0.39 is 0 Å². The summed E-state index contributed by atoms with van der Waals surface area (Å²) in [5, 5.41) is 3.92. The number of halogens is 1. The van der Waals surface area contributed by atoms with Gasteiger partial charge in [-0.25, -0.2) is 0 Å². The molecule has 4 nitrogen and oxygen atoms in total. The quantitative estimate of drug-likeness (QED) is 0.706. The lowest BCUT2D eigenvalue weighted by Crippen LogP contribution is -2.35. The number of carbonyl (C=O) groups is 1. The first-order chi connectivity index (χ1) is 12.7. The van der Waals surface area contributed by atoms with Crippen LogP contribution in [0.1, 0.15) is 22.5 Å². The van der Waals surface area contributed by atoms with Gasteiger partial charge in [0.2, 0.25) is 0 Å². The van der Waals surface area contributed by atoms with Crippen molar-refractivity contribution < 1.29 is 4.79 Å². The van der Waals surface area contributed by atoms with Crippen molar-refractivity contribution in [3.63, 3.8) is 0 Å². The van der Waals surface area contributed by atoms with Crippen molar-refractivity contribution in [2.75, 3.05) is 16.8 Å². The Balaban J connectivity index is 1.60. The van der Waals surface area contributed by atoms with Gasteiger partial charge in [-0.1, -0.05) is 35.9 Å². The molecule has 0 bridgehead atoms. The molecule has 2 aromatic carbocycles. The first-order valence-electron chi connectivity index (χ1n) is 8.59. The number of carbonyl (C=O) groups excluding carboxylic acids is 1. The fourth-order valence-corrected chi connectivity index (χ4v) is 3.43. The van der Waals surface area contributed by atoms with Crippen LogP contribution in [0.15, 0.2) is 66.9 Å². The molecule has 1 aliphatic heterocycles. The number of fused-ring (bicyclic) bond motifs is 1. The Morgan fingerprint density at radius 2 is 1.88 bits per heavy atom. The van der Waals surface area contributed by atoms with Gasteiger partial charge in [-0.15, -0.1) is 0 Å². The number of amides is 1. The number of aryl methyl sites for hydroxylation is 1. The summed E-state index contributed by atoms with van der Waals surface area (Å²) in [7, 11) is 0. The van der Waals surface area contributed by atoms with Gasteiger partial charge in [-0.05, 0) is 54.8 Å². The first-order valence-corrected chi connectivity index (χ1v) is 8.97. The van der Waals surface area contributed by atoms with Gasteiger partial charge in [0.05, 0.1) is 0 Å². The maximum absolute atomic E-state index is 13.0. The lowest BCUT2D eigenvalue weighted by atomic mass is 10.0. The molecule has 1 aromatic heterocycles. The number of aromatic nitrogens is 1. The van der Waals surface area contributed by atoms with Crippen LogP contribution in [0.4, 0.5) is 17.1 Å². The maximum Gasteiger partial charge on any atom is 0.276 e. The van der Waals surface area contributed by atoms with E-state index in [1.807, 2.05) is 53.4 Å². The Labute approximate surface area is 157 Å². The molecule has 0 spiro atoms. The second kappa shape index (κ2) is 7.18. The van der Waals surface area contributed by atoms with Crippen LogP contribution in [0.25, 0.3) is 0 Å². The second-order valence-corrected chi connectivity index (χ2v) is 6.69. The summed E-state index contributed by atoms with van der Waals surface area (Å²) in [6.45, 7) is 0.712. The predicted octanol–water partition coefficient (Wildman–Crippen LogP) is 5.07. The van der Waals surface area contributed by atoms with Gasteiger partial charge in [0.25, 0.3) is 5.91 Å². The van der Waals surface area contributed by atoms with Gasteiger partial charge in [0, 0.05) is 34.8 Å². The smallest absolute Gasteiger partial charge is 0.276 e. The number of rotatable bonds is 3. The van der Waals surface area contributed by atoms with Crippen LogP contribution in [0, 0.1) is 0 Å². The van der Waals surface area contributed by atoms with Gasteiger partial charge < -0.3 is 10.2 Å². The van der Waals surface area contributed by atoms with Crippen LogP contribution >= 0.6 is 11.6 Å². The Hall–Kier alpha value is -2.85. The van der Waals surface area contributed by atoms with E-state index in [1.54, 1.807) is 12.3 Å². The number of nitrogens with one attached hydrogen (secondary N) is 1. The Morgan fingerprint density at radius 3 is 2.77 bits per heavy atom. The number of hydrogen-bond donors (Lipinski definition) is 1. The number of hydrogen-bond acceptors (Lipinski definition) is 3. The van der Waals surface area contributed by atoms with Gasteiger partial charge in [0.1, 0.15) is 5.69 Å². The summed E-state index contributed by atoms with van der Waals surface area (Å²) in [5.74, 6) is -0.0769. The summed E-state index contributed by atoms with van der Waals surface area (Å²) >= 11 is 6.03. The van der Waals surface area contributed by atoms with E-state index in [-0.39, 0.29) is 5.91 Å². The van der Waals surface area contributed by atoms with Crippen LogP contribution in [0.5, 0.6) is 0 Å². The van der Waals surface area contributed by atoms with Crippen LogP contribution in [0.2, 0.25) is 5.02 Å². The van der Waals surface area contributed by atoms with E-state index in [1.165, 1.54) is 5.56 Å². The fourth-order valence-electron chi connectivity index (χ4n) is 3.24. The third-order valence-corrected chi connectivity index (χ3v) is 4.68. The van der Waals surface area contributed by atoms with Gasteiger partial charge in [-0.3, -0.25) is 9.78 Å². The Bertz CT molecular complexity index is 957. The lowest BCUT2D eigenvalue weighted by Gasteiger charge is -2.29. The molecule has 26 heavy (non-hydrogen) atoms. The van der Waals surface area contributed by atoms with Gasteiger partial charge >= 0.3 is 0 Å². The molecule has 0 unspecified atom stereocenters. The SMILES string of the molecule is O=C(c1cc(Nc2cccc(Cl)c2)ccn1)N1CCCc2ccccc21. The predicted molar refractivity (Wildman–Crippen MR) is 105 cm³/mol. The molecule has 5 heteroatoms. The van der Waals surface area contributed by atoms with E-state index in [0.717, 1.165) is 29.9 Å². The first kappa shape index (κ1) is 16.6. The monoisotopic (exact) mass is 363 g/mol. The zero-order chi connectivity index (χ0) is 17.9. The maximum atomic E-state index is 13.0. The third kappa shape index (κ3) is 3.41. The van der Waals surface area contributed by atoms with Crippen molar-refractivity contribution in [1.82, 2.24) is 4.98 Å². The average molecular weight is 364 g/mol. The summed E-state index contributed by atoms with van der Waals surface area (Å²) in [4.78, 5) is 19.1. The van der Waals surface area contributed by atoms with Crippen molar-refractivity contribution in [2.24, 2.45) is 0 Å². The molecule has 0 aliphatic carbocycles. The minimum atomic E-state index is -0.0769. The highest BCUT2D eigenvalue weighted by Gasteiger charge is 2.24. The molecule has 3 aromatic rings. The number of anilines is 3. The molecule has 0 saturated carbocycles. The largest absolute Gasteiger partial charge is 0.355 e. The normalized spacial score (nSPS) is 13.2. The molecule has 0 atom stereocenters. The van der Waals surface area contributed by atoms with Gasteiger partial charge in [-0.2, -0.15) is 0 Å². The van der Waals surface area contributed by atoms with E-state index >= 15 is 0 Å². The van der Waals surface area contributed by atoms with E-state index in [2.05, 4.69) is 16.4 Å². The number of pyridine rings is 1. The van der Waals surface area contributed by atoms with Crippen molar-refractivity contribution >= 4 is 34.6 Å². The minimum absolute atomic E-state index is 0.0769. The lowest BCUT2D eigenvalue weighted by molar-refractivity contribution is 0.0980. The highest BCUT2D eigenvalue weighted by molar-refractivity contribution is 6.30. The number of benzene rings is 2. The molecule has 1 N–H and O–H groups in total. The highest BCUT2D eigenvalue weighted by atomic mass is 35.5. The minimum Gasteiger partial charge on any atom is -0.355 e. The molecule has 1 aliphatic rings. The van der Waals surface area contributed by atoms with E-state index in [4.69, 9.17) is 11.6 Å². The molecule has 1 amide bonds. The van der Waals surface area contributed by atoms with Crippen LogP contribution in [-0.4, -0.2) is 17.4 Å². The Morgan fingerprint density at radius 1 is 1.04 bits per heavy atom. The summed E-state index contributed by atoms with van der Waals surface area (Å²) in [6.07, 6.45) is 3.61.